The van der Waals surface area contributed by atoms with Crippen LogP contribution in [0, 0.1) is 11.8 Å². The number of nitrogens with zero attached hydrogens (tertiary/aromatic N) is 1. The van der Waals surface area contributed by atoms with Gasteiger partial charge in [0, 0.05) is 35.2 Å². The Morgan fingerprint density at radius 2 is 2.14 bits per heavy atom. The molecule has 0 aliphatic carbocycles. The van der Waals surface area contributed by atoms with Gasteiger partial charge in [-0.3, -0.25) is 4.79 Å². The number of amides is 1. The van der Waals surface area contributed by atoms with Crippen LogP contribution >= 0.6 is 11.8 Å². The molecule has 0 spiro atoms. The van der Waals surface area contributed by atoms with E-state index in [1.165, 1.54) is 16.7 Å². The number of carbonyl (C=O) groups excluding carboxylic acids is 1. The molecular formula is C15H26N4O7S2. The van der Waals surface area contributed by atoms with Gasteiger partial charge in [-0.15, -0.1) is 11.8 Å². The van der Waals surface area contributed by atoms with Crippen LogP contribution in [0.2, 0.25) is 0 Å². The van der Waals surface area contributed by atoms with Gasteiger partial charge in [0.05, 0.1) is 18.1 Å². The molecule has 0 unspecified atom stereocenters. The molecule has 0 aromatic rings. The summed E-state index contributed by atoms with van der Waals surface area (Å²) in [5.74, 6) is -2.27. The van der Waals surface area contributed by atoms with E-state index in [4.69, 9.17) is 5.14 Å². The number of nitrogens with one attached hydrogen (secondary N) is 2. The van der Waals surface area contributed by atoms with Crippen molar-refractivity contribution in [2.45, 2.75) is 43.7 Å². The maximum atomic E-state index is 12.3. The Balaban J connectivity index is 0.00000280. The third kappa shape index (κ3) is 4.20. The van der Waals surface area contributed by atoms with Crippen LogP contribution in [0.15, 0.2) is 10.6 Å². The standard InChI is InChI=1S/C15H24N4O6S2.H2O/c1-6-11-10(7(2)20)14(21)19(11)12(15(22)23)13(6)26-9-3-8(17-5-9)4-18-27(16,24)25;/h6-11,17-18,20H,3-5H2,1-2H3,(H,22,23)(H2,16,24,25);1H2/t6-,7-,8-,9-,10-,11-;/m0./s1. The van der Waals surface area contributed by atoms with Crippen LogP contribution in [-0.2, 0) is 19.8 Å². The Morgan fingerprint density at radius 3 is 2.68 bits per heavy atom. The maximum absolute atomic E-state index is 12.3. The minimum absolute atomic E-state index is 0. The average molecular weight is 439 g/mol. The lowest BCUT2D eigenvalue weighted by Gasteiger charge is -2.46. The second-order valence-electron chi connectivity index (χ2n) is 7.25. The van der Waals surface area contributed by atoms with Crippen LogP contribution in [0.5, 0.6) is 0 Å². The number of β-lactam (4-membered cyclic amide) rings is 1. The van der Waals surface area contributed by atoms with Crippen LogP contribution in [0.3, 0.4) is 0 Å². The molecule has 3 heterocycles. The van der Waals surface area contributed by atoms with Crippen molar-refractivity contribution in [1.29, 1.82) is 0 Å². The van der Waals surface area contributed by atoms with Crippen molar-refractivity contribution in [2.75, 3.05) is 13.1 Å². The summed E-state index contributed by atoms with van der Waals surface area (Å²) in [7, 11) is -3.76. The Bertz CT molecular complexity index is 785. The number of rotatable bonds is 7. The monoisotopic (exact) mass is 438 g/mol. The second-order valence-corrected chi connectivity index (χ2v) is 9.97. The molecule has 8 N–H and O–H groups in total. The molecule has 0 aromatic heterocycles. The van der Waals surface area contributed by atoms with Crippen molar-refractivity contribution in [2.24, 2.45) is 17.0 Å². The van der Waals surface area contributed by atoms with Crippen LogP contribution in [0.4, 0.5) is 0 Å². The molecule has 11 nitrogen and oxygen atoms in total. The van der Waals surface area contributed by atoms with Crippen molar-refractivity contribution < 1.29 is 33.7 Å². The zero-order chi connectivity index (χ0) is 20.1. The highest BCUT2D eigenvalue weighted by atomic mass is 32.2. The first kappa shape index (κ1) is 23.1. The summed E-state index contributed by atoms with van der Waals surface area (Å²) in [5, 5.41) is 27.7. The largest absolute Gasteiger partial charge is 0.477 e. The van der Waals surface area contributed by atoms with Gasteiger partial charge in [0.15, 0.2) is 0 Å². The highest BCUT2D eigenvalue weighted by Gasteiger charge is 2.60. The molecule has 6 atom stereocenters. The minimum Gasteiger partial charge on any atom is -0.477 e. The molecule has 13 heteroatoms. The van der Waals surface area contributed by atoms with Crippen molar-refractivity contribution in [3.05, 3.63) is 10.6 Å². The highest BCUT2D eigenvalue weighted by molar-refractivity contribution is 8.03. The van der Waals surface area contributed by atoms with Gasteiger partial charge < -0.3 is 25.9 Å². The molecule has 0 saturated carbocycles. The first-order valence-electron chi connectivity index (χ1n) is 8.67. The summed E-state index contributed by atoms with van der Waals surface area (Å²) < 4.78 is 24.3. The van der Waals surface area contributed by atoms with Gasteiger partial charge in [0.25, 0.3) is 10.2 Å². The molecule has 2 fully saturated rings. The van der Waals surface area contributed by atoms with Gasteiger partial charge in [-0.1, -0.05) is 6.92 Å². The van der Waals surface area contributed by atoms with E-state index < -0.39 is 28.2 Å². The van der Waals surface area contributed by atoms with E-state index in [1.54, 1.807) is 6.92 Å². The number of fused-ring (bicyclic) bond motifs is 1. The molecule has 160 valence electrons. The first-order valence-corrected chi connectivity index (χ1v) is 11.1. The predicted molar refractivity (Wildman–Crippen MR) is 102 cm³/mol. The number of carboxylic acids is 1. The normalized spacial score (nSPS) is 33.4. The Kier molecular flexibility index (Phi) is 6.80. The lowest BCUT2D eigenvalue weighted by atomic mass is 9.79. The summed E-state index contributed by atoms with van der Waals surface area (Å²) in [6.07, 6.45) is -0.197. The quantitative estimate of drug-likeness (QED) is 0.271. The van der Waals surface area contributed by atoms with E-state index >= 15 is 0 Å². The molecule has 0 radical (unpaired) electrons. The molecule has 0 aromatic carbocycles. The van der Waals surface area contributed by atoms with Crippen molar-refractivity contribution in [3.8, 4) is 0 Å². The van der Waals surface area contributed by atoms with E-state index in [9.17, 15) is 28.2 Å². The van der Waals surface area contributed by atoms with E-state index in [0.717, 1.165) is 0 Å². The topological polar surface area (TPSA) is 194 Å². The van der Waals surface area contributed by atoms with Gasteiger partial charge in [0.2, 0.25) is 5.91 Å². The Morgan fingerprint density at radius 1 is 1.50 bits per heavy atom. The number of carboxylic acid groups (broad SMARTS) is 1. The summed E-state index contributed by atoms with van der Waals surface area (Å²) >= 11 is 1.41. The number of aliphatic hydroxyl groups is 1. The van der Waals surface area contributed by atoms with Crippen molar-refractivity contribution in [1.82, 2.24) is 14.9 Å². The number of thioether (sulfide) groups is 1. The number of hydrogen-bond donors (Lipinski definition) is 5. The molecule has 3 aliphatic rings. The lowest BCUT2D eigenvalue weighted by molar-refractivity contribution is -0.163. The summed E-state index contributed by atoms with van der Waals surface area (Å²) in [5.41, 5.74) is 0.00510. The van der Waals surface area contributed by atoms with Gasteiger partial charge in [-0.05, 0) is 13.3 Å². The number of carbonyl (C=O) groups is 2. The SMILES string of the molecule is C[C@H](O)[C@@H]1C(=O)N2C(C(=O)O)=C(S[C@@H]3CN[C@H](CNS(N)(=O)=O)C3)[C@@H](C)[C@@H]12.O. The summed E-state index contributed by atoms with van der Waals surface area (Å²) in [4.78, 5) is 26.1. The average Bonchev–Trinajstić information content (AvgIpc) is 3.07. The molecule has 28 heavy (non-hydrogen) atoms. The fourth-order valence-electron chi connectivity index (χ4n) is 4.10. The highest BCUT2D eigenvalue weighted by Crippen LogP contribution is 2.51. The van der Waals surface area contributed by atoms with Crippen LogP contribution < -0.4 is 15.2 Å². The molecule has 1 amide bonds. The fourth-order valence-corrected chi connectivity index (χ4v) is 6.05. The second kappa shape index (κ2) is 8.26. The molecule has 0 bridgehead atoms. The lowest BCUT2D eigenvalue weighted by Crippen LogP contribution is -2.63. The van der Waals surface area contributed by atoms with E-state index in [0.29, 0.717) is 17.9 Å². The minimum atomic E-state index is -3.76. The third-order valence-corrected chi connectivity index (χ3v) is 7.40. The van der Waals surface area contributed by atoms with Crippen LogP contribution in [0.1, 0.15) is 20.3 Å². The summed E-state index contributed by atoms with van der Waals surface area (Å²) in [6, 6.07) is -0.435. The number of hydrogen-bond acceptors (Lipinski definition) is 7. The molecule has 3 rings (SSSR count). The Labute approximate surface area is 167 Å². The van der Waals surface area contributed by atoms with E-state index in [2.05, 4.69) is 10.0 Å². The number of nitrogens with two attached hydrogens (primary N) is 1. The predicted octanol–water partition coefficient (Wildman–Crippen LogP) is -2.43. The van der Waals surface area contributed by atoms with Gasteiger partial charge in [-0.25, -0.2) is 14.7 Å². The maximum Gasteiger partial charge on any atom is 0.353 e. The smallest absolute Gasteiger partial charge is 0.353 e. The zero-order valence-corrected chi connectivity index (χ0v) is 17.1. The van der Waals surface area contributed by atoms with Crippen LogP contribution in [-0.4, -0.2) is 77.4 Å². The Hall–Kier alpha value is -1.22. The van der Waals surface area contributed by atoms with Crippen molar-refractivity contribution >= 4 is 33.8 Å². The van der Waals surface area contributed by atoms with Crippen molar-refractivity contribution in [3.63, 3.8) is 0 Å². The first-order chi connectivity index (χ1) is 12.5. The van der Waals surface area contributed by atoms with Gasteiger partial charge >= 0.3 is 5.97 Å². The summed E-state index contributed by atoms with van der Waals surface area (Å²) in [6.45, 7) is 4.17. The molecule has 3 aliphatic heterocycles. The van der Waals surface area contributed by atoms with Crippen LogP contribution in [0.25, 0.3) is 0 Å². The zero-order valence-electron chi connectivity index (χ0n) is 15.5. The number of aliphatic carboxylic acids is 1. The van der Waals surface area contributed by atoms with Gasteiger partial charge in [-0.2, -0.15) is 8.42 Å². The molecular weight excluding hydrogens is 412 g/mol. The fraction of sp³-hybridized carbons (Fsp3) is 0.733. The van der Waals surface area contributed by atoms with E-state index in [1.807, 2.05) is 6.92 Å². The number of aliphatic hydroxyl groups excluding tert-OH is 1. The van der Waals surface area contributed by atoms with E-state index in [-0.39, 0.29) is 46.9 Å². The third-order valence-electron chi connectivity index (χ3n) is 5.32. The molecule has 2 saturated heterocycles. The van der Waals surface area contributed by atoms with Gasteiger partial charge in [0.1, 0.15) is 5.70 Å².